The molecule has 10 heteroatoms. The zero-order valence-electron chi connectivity index (χ0n) is 21.7. The number of carbonyl (C=O) groups excluding carboxylic acids is 1. The molecule has 3 aromatic carbocycles. The first-order chi connectivity index (χ1) is 18.7. The number of piperazine rings is 1. The van der Waals surface area contributed by atoms with Crippen LogP contribution in [0.15, 0.2) is 66.9 Å². The molecule has 2 heterocycles. The highest BCUT2D eigenvalue weighted by molar-refractivity contribution is 6.05. The van der Waals surface area contributed by atoms with Gasteiger partial charge in [-0.2, -0.15) is 13.2 Å². The van der Waals surface area contributed by atoms with E-state index in [1.807, 2.05) is 31.3 Å². The van der Waals surface area contributed by atoms with Gasteiger partial charge in [0.25, 0.3) is 5.91 Å². The molecular weight excluding hydrogens is 505 g/mol. The normalized spacial score (nSPS) is 14.9. The minimum absolute atomic E-state index is 0.169. The van der Waals surface area contributed by atoms with Crippen LogP contribution < -0.4 is 10.6 Å². The number of rotatable bonds is 6. The fourth-order valence-electron chi connectivity index (χ4n) is 4.62. The molecule has 0 spiro atoms. The summed E-state index contributed by atoms with van der Waals surface area (Å²) in [5.41, 5.74) is 2.81. The maximum absolute atomic E-state index is 13.5. The van der Waals surface area contributed by atoms with Gasteiger partial charge < -0.3 is 15.5 Å². The number of halogens is 3. The molecule has 1 amide bonds. The number of benzene rings is 3. The third kappa shape index (κ3) is 6.18. The third-order valence-electron chi connectivity index (χ3n) is 6.94. The number of aromatic nitrogens is 2. The first-order valence-corrected chi connectivity index (χ1v) is 12.7. The van der Waals surface area contributed by atoms with Crippen molar-refractivity contribution in [2.75, 3.05) is 50.9 Å². The number of alkyl halides is 3. The van der Waals surface area contributed by atoms with E-state index < -0.39 is 17.6 Å². The highest BCUT2D eigenvalue weighted by Gasteiger charge is 2.31. The van der Waals surface area contributed by atoms with Crippen molar-refractivity contribution in [1.29, 1.82) is 0 Å². The Bertz CT molecular complexity index is 1500. The SMILES string of the molecule is CNc1ncc2cc(-c3cccc(C(=O)Nc4cc(C(F)(F)F)ccc4CN4CCN(C)CC4)c3)ccc2n1. The van der Waals surface area contributed by atoms with Crippen LogP contribution in [0.4, 0.5) is 24.8 Å². The molecule has 202 valence electrons. The summed E-state index contributed by atoms with van der Waals surface area (Å²) in [5.74, 6) is 0.0501. The molecule has 0 bridgehead atoms. The van der Waals surface area contributed by atoms with Crippen molar-refractivity contribution in [2.45, 2.75) is 12.7 Å². The van der Waals surface area contributed by atoms with E-state index in [0.29, 0.717) is 23.6 Å². The van der Waals surface area contributed by atoms with E-state index in [1.54, 1.807) is 31.4 Å². The van der Waals surface area contributed by atoms with Crippen LogP contribution in [0.2, 0.25) is 0 Å². The second-order valence-electron chi connectivity index (χ2n) is 9.70. The highest BCUT2D eigenvalue weighted by atomic mass is 19.4. The average Bonchev–Trinajstić information content (AvgIpc) is 2.94. The molecule has 1 aliphatic rings. The maximum Gasteiger partial charge on any atom is 0.416 e. The standard InChI is InChI=1S/C29H29F3N6O/c1-33-28-34-17-23-15-20(7-9-25(23)36-28)19-4-3-5-21(14-19)27(39)35-26-16-24(29(30,31)32)8-6-22(26)18-38-12-10-37(2)11-13-38/h3-9,14-17H,10-13,18H2,1-2H3,(H,35,39)(H,33,34,36). The molecule has 0 aliphatic carbocycles. The first kappa shape index (κ1) is 26.6. The van der Waals surface area contributed by atoms with Gasteiger partial charge in [0.2, 0.25) is 5.95 Å². The van der Waals surface area contributed by atoms with E-state index in [0.717, 1.165) is 60.3 Å². The number of hydrogen-bond donors (Lipinski definition) is 2. The van der Waals surface area contributed by atoms with Crippen molar-refractivity contribution < 1.29 is 18.0 Å². The van der Waals surface area contributed by atoms with Crippen molar-refractivity contribution in [2.24, 2.45) is 0 Å². The number of carbonyl (C=O) groups is 1. The molecule has 0 unspecified atom stereocenters. The van der Waals surface area contributed by atoms with Crippen molar-refractivity contribution in [1.82, 2.24) is 19.8 Å². The third-order valence-corrected chi connectivity index (χ3v) is 6.94. The lowest BCUT2D eigenvalue weighted by molar-refractivity contribution is -0.137. The van der Waals surface area contributed by atoms with E-state index in [4.69, 9.17) is 0 Å². The predicted molar refractivity (Wildman–Crippen MR) is 147 cm³/mol. The Kier molecular flexibility index (Phi) is 7.49. The Morgan fingerprint density at radius 2 is 1.74 bits per heavy atom. The molecular formula is C29H29F3N6O. The summed E-state index contributed by atoms with van der Waals surface area (Å²) in [7, 11) is 3.79. The lowest BCUT2D eigenvalue weighted by atomic mass is 10.0. The van der Waals surface area contributed by atoms with Crippen LogP contribution in [0.25, 0.3) is 22.0 Å². The first-order valence-electron chi connectivity index (χ1n) is 12.7. The van der Waals surface area contributed by atoms with E-state index in [9.17, 15) is 18.0 Å². The summed E-state index contributed by atoms with van der Waals surface area (Å²) in [4.78, 5) is 26.4. The molecule has 4 aromatic rings. The average molecular weight is 535 g/mol. The van der Waals surface area contributed by atoms with Gasteiger partial charge in [-0.25, -0.2) is 9.97 Å². The maximum atomic E-state index is 13.5. The van der Waals surface area contributed by atoms with Gasteiger partial charge in [-0.05, 0) is 60.1 Å². The van der Waals surface area contributed by atoms with Crippen molar-refractivity contribution >= 4 is 28.4 Å². The van der Waals surface area contributed by atoms with Gasteiger partial charge in [0.15, 0.2) is 0 Å². The molecule has 2 N–H and O–H groups in total. The molecule has 0 radical (unpaired) electrons. The quantitative estimate of drug-likeness (QED) is 0.347. The number of amides is 1. The second kappa shape index (κ2) is 11.0. The molecule has 1 fully saturated rings. The van der Waals surface area contributed by atoms with Crippen molar-refractivity contribution in [3.63, 3.8) is 0 Å². The van der Waals surface area contributed by atoms with Gasteiger partial charge >= 0.3 is 6.18 Å². The minimum Gasteiger partial charge on any atom is -0.357 e. The summed E-state index contributed by atoms with van der Waals surface area (Å²) in [6.45, 7) is 3.83. The van der Waals surface area contributed by atoms with Crippen molar-refractivity contribution in [3.8, 4) is 11.1 Å². The molecule has 1 saturated heterocycles. The number of nitrogens with zero attached hydrogens (tertiary/aromatic N) is 4. The fraction of sp³-hybridized carbons (Fsp3) is 0.276. The highest BCUT2D eigenvalue weighted by Crippen LogP contribution is 2.33. The van der Waals surface area contributed by atoms with Crippen molar-refractivity contribution in [3.05, 3.63) is 83.6 Å². The fourth-order valence-corrected chi connectivity index (χ4v) is 4.62. The van der Waals surface area contributed by atoms with E-state index in [2.05, 4.69) is 30.4 Å². The van der Waals surface area contributed by atoms with E-state index in [-0.39, 0.29) is 5.69 Å². The Hall–Kier alpha value is -4.02. The van der Waals surface area contributed by atoms with Crippen LogP contribution in [0.3, 0.4) is 0 Å². The summed E-state index contributed by atoms with van der Waals surface area (Å²) < 4.78 is 40.5. The van der Waals surface area contributed by atoms with Crippen LogP contribution in [0, 0.1) is 0 Å². The Morgan fingerprint density at radius 3 is 2.49 bits per heavy atom. The summed E-state index contributed by atoms with van der Waals surface area (Å²) in [5, 5.41) is 6.51. The van der Waals surface area contributed by atoms with Gasteiger partial charge in [0.05, 0.1) is 11.1 Å². The number of nitrogens with one attached hydrogen (secondary N) is 2. The Labute approximate surface area is 224 Å². The molecule has 0 saturated carbocycles. The Morgan fingerprint density at radius 1 is 0.974 bits per heavy atom. The monoisotopic (exact) mass is 534 g/mol. The van der Waals surface area contributed by atoms with E-state index in [1.165, 1.54) is 6.07 Å². The minimum atomic E-state index is -4.51. The number of likely N-dealkylation sites (N-methyl/N-ethyl adjacent to an activating group) is 1. The van der Waals surface area contributed by atoms with Crippen LogP contribution in [-0.2, 0) is 12.7 Å². The van der Waals surface area contributed by atoms with Crippen LogP contribution in [0.1, 0.15) is 21.5 Å². The molecule has 39 heavy (non-hydrogen) atoms. The smallest absolute Gasteiger partial charge is 0.357 e. The lowest BCUT2D eigenvalue weighted by Gasteiger charge is -2.32. The van der Waals surface area contributed by atoms with Gasteiger partial charge in [0.1, 0.15) is 0 Å². The number of fused-ring (bicyclic) bond motifs is 1. The van der Waals surface area contributed by atoms with E-state index >= 15 is 0 Å². The molecule has 1 aliphatic heterocycles. The second-order valence-corrected chi connectivity index (χ2v) is 9.70. The topological polar surface area (TPSA) is 73.4 Å². The largest absolute Gasteiger partial charge is 0.416 e. The molecule has 5 rings (SSSR count). The number of hydrogen-bond acceptors (Lipinski definition) is 6. The number of anilines is 2. The summed E-state index contributed by atoms with van der Waals surface area (Å²) in [6.07, 6.45) is -2.79. The van der Waals surface area contributed by atoms with Gasteiger partial charge in [-0.15, -0.1) is 0 Å². The van der Waals surface area contributed by atoms with Gasteiger partial charge in [-0.3, -0.25) is 9.69 Å². The summed E-state index contributed by atoms with van der Waals surface area (Å²) in [6, 6.07) is 16.3. The molecule has 1 aromatic heterocycles. The van der Waals surface area contributed by atoms with Crippen LogP contribution in [0.5, 0.6) is 0 Å². The Balaban J connectivity index is 1.41. The van der Waals surface area contributed by atoms with Crippen LogP contribution in [-0.4, -0.2) is 65.9 Å². The van der Waals surface area contributed by atoms with Crippen LogP contribution >= 0.6 is 0 Å². The van der Waals surface area contributed by atoms with Gasteiger partial charge in [0, 0.05) is 62.6 Å². The van der Waals surface area contributed by atoms with Gasteiger partial charge in [-0.1, -0.05) is 24.3 Å². The lowest BCUT2D eigenvalue weighted by Crippen LogP contribution is -2.44. The predicted octanol–water partition coefficient (Wildman–Crippen LogP) is 5.36. The summed E-state index contributed by atoms with van der Waals surface area (Å²) >= 11 is 0. The molecule has 7 nitrogen and oxygen atoms in total. The zero-order chi connectivity index (χ0) is 27.6. The molecule has 0 atom stereocenters. The zero-order valence-corrected chi connectivity index (χ0v) is 21.7.